The maximum absolute atomic E-state index is 12.6. The van der Waals surface area contributed by atoms with Gasteiger partial charge >= 0.3 is 0 Å². The number of rotatable bonds is 4. The number of halogens is 1. The number of nitrogens with zero attached hydrogens (tertiary/aromatic N) is 1. The molecule has 3 rings (SSSR count). The van der Waals surface area contributed by atoms with E-state index in [2.05, 4.69) is 10.6 Å². The molecular formula is C19H18ClN3O5S. The number of amides is 3. The fourth-order valence-corrected chi connectivity index (χ4v) is 5.04. The molecule has 0 bridgehead atoms. The fourth-order valence-electron chi connectivity index (χ4n) is 2.96. The minimum absolute atomic E-state index is 0.0419. The van der Waals surface area contributed by atoms with Crippen molar-refractivity contribution >= 4 is 56.4 Å². The van der Waals surface area contributed by atoms with Crippen LogP contribution in [0.25, 0.3) is 0 Å². The lowest BCUT2D eigenvalue weighted by Crippen LogP contribution is -2.30. The van der Waals surface area contributed by atoms with Gasteiger partial charge < -0.3 is 10.6 Å². The quantitative estimate of drug-likeness (QED) is 0.766. The number of carbonyl (C=O) groups excluding carboxylic acids is 3. The monoisotopic (exact) mass is 435 g/mol. The molecule has 1 saturated heterocycles. The summed E-state index contributed by atoms with van der Waals surface area (Å²) in [6.07, 6.45) is 0. The standard InChI is InChI=1S/C19H18ClN3O5S/c1-11-10-29(27,28)23(19(11)26)17-8-13(6-7-16(17)20)18(25)22-15-5-3-4-14(9-15)21-12(2)24/h3-9,11H,10H2,1-2H3,(H,21,24)(H,22,25). The number of anilines is 3. The lowest BCUT2D eigenvalue weighted by atomic mass is 10.1. The van der Waals surface area contributed by atoms with E-state index in [1.165, 1.54) is 32.0 Å². The summed E-state index contributed by atoms with van der Waals surface area (Å²) in [7, 11) is -3.85. The average molecular weight is 436 g/mol. The van der Waals surface area contributed by atoms with Crippen LogP contribution in [0.2, 0.25) is 5.02 Å². The Balaban J connectivity index is 1.89. The lowest BCUT2D eigenvalue weighted by Gasteiger charge is -2.18. The first-order chi connectivity index (χ1) is 13.6. The van der Waals surface area contributed by atoms with Gasteiger partial charge in [0.25, 0.3) is 5.91 Å². The molecule has 2 aromatic rings. The Hall–Kier alpha value is -2.91. The van der Waals surface area contributed by atoms with Crippen molar-refractivity contribution in [3.05, 3.63) is 53.1 Å². The Morgan fingerprint density at radius 3 is 2.34 bits per heavy atom. The van der Waals surface area contributed by atoms with Gasteiger partial charge in [-0.05, 0) is 36.4 Å². The molecule has 29 heavy (non-hydrogen) atoms. The minimum Gasteiger partial charge on any atom is -0.326 e. The second-order valence-corrected chi connectivity index (χ2v) is 8.93. The van der Waals surface area contributed by atoms with Gasteiger partial charge in [-0.15, -0.1) is 0 Å². The average Bonchev–Trinajstić information content (AvgIpc) is 2.82. The van der Waals surface area contributed by atoms with Gasteiger partial charge in [-0.3, -0.25) is 14.4 Å². The Kier molecular flexibility index (Phi) is 5.63. The molecule has 0 aromatic heterocycles. The van der Waals surface area contributed by atoms with Crippen molar-refractivity contribution in [3.8, 4) is 0 Å². The molecule has 1 aliphatic rings. The third kappa shape index (κ3) is 4.41. The summed E-state index contributed by atoms with van der Waals surface area (Å²) >= 11 is 6.12. The molecule has 1 aliphatic heterocycles. The van der Waals surface area contributed by atoms with Crippen molar-refractivity contribution in [1.82, 2.24) is 0 Å². The molecule has 0 aliphatic carbocycles. The molecular weight excluding hydrogens is 418 g/mol. The number of hydrogen-bond acceptors (Lipinski definition) is 5. The molecule has 1 unspecified atom stereocenters. The number of sulfonamides is 1. The topological polar surface area (TPSA) is 113 Å². The summed E-state index contributed by atoms with van der Waals surface area (Å²) in [5.74, 6) is -2.37. The summed E-state index contributed by atoms with van der Waals surface area (Å²) in [5, 5.41) is 5.32. The van der Waals surface area contributed by atoms with Crippen LogP contribution in [-0.4, -0.2) is 31.9 Å². The van der Waals surface area contributed by atoms with Crippen LogP contribution in [-0.2, 0) is 19.6 Å². The zero-order chi connectivity index (χ0) is 21.3. The van der Waals surface area contributed by atoms with Gasteiger partial charge in [-0.1, -0.05) is 24.6 Å². The van der Waals surface area contributed by atoms with Crippen LogP contribution in [0.4, 0.5) is 17.1 Å². The Morgan fingerprint density at radius 1 is 1.10 bits per heavy atom. The highest BCUT2D eigenvalue weighted by atomic mass is 35.5. The van der Waals surface area contributed by atoms with Gasteiger partial charge in [0.1, 0.15) is 0 Å². The van der Waals surface area contributed by atoms with Crippen molar-refractivity contribution in [2.45, 2.75) is 13.8 Å². The minimum atomic E-state index is -3.85. The molecule has 1 fully saturated rings. The summed E-state index contributed by atoms with van der Waals surface area (Å²) in [4.78, 5) is 36.1. The van der Waals surface area contributed by atoms with Crippen LogP contribution in [0.3, 0.4) is 0 Å². The predicted octanol–water partition coefficient (Wildman–Crippen LogP) is 2.86. The van der Waals surface area contributed by atoms with Crippen LogP contribution < -0.4 is 14.9 Å². The van der Waals surface area contributed by atoms with Crippen molar-refractivity contribution < 1.29 is 22.8 Å². The largest absolute Gasteiger partial charge is 0.326 e. The highest BCUT2D eigenvalue weighted by Gasteiger charge is 2.43. The van der Waals surface area contributed by atoms with E-state index >= 15 is 0 Å². The SMILES string of the molecule is CC(=O)Nc1cccc(NC(=O)c2ccc(Cl)c(N3C(=O)C(C)CS3(=O)=O)c2)c1. The van der Waals surface area contributed by atoms with Crippen LogP contribution in [0.5, 0.6) is 0 Å². The number of hydrogen-bond donors (Lipinski definition) is 2. The van der Waals surface area contributed by atoms with Gasteiger partial charge in [-0.2, -0.15) is 0 Å². The molecule has 10 heteroatoms. The van der Waals surface area contributed by atoms with Crippen LogP contribution >= 0.6 is 11.6 Å². The number of nitrogens with one attached hydrogen (secondary N) is 2. The lowest BCUT2D eigenvalue weighted by molar-refractivity contribution is -0.119. The Morgan fingerprint density at radius 2 is 1.76 bits per heavy atom. The molecule has 8 nitrogen and oxygen atoms in total. The maximum Gasteiger partial charge on any atom is 0.255 e. The third-order valence-corrected chi connectivity index (χ3v) is 6.40. The molecule has 1 heterocycles. The summed E-state index contributed by atoms with van der Waals surface area (Å²) in [6, 6.07) is 10.6. The first-order valence-electron chi connectivity index (χ1n) is 8.64. The summed E-state index contributed by atoms with van der Waals surface area (Å²) < 4.78 is 25.3. The molecule has 0 saturated carbocycles. The van der Waals surface area contributed by atoms with Gasteiger partial charge in [0.15, 0.2) is 0 Å². The van der Waals surface area contributed by atoms with Gasteiger partial charge in [0.2, 0.25) is 21.8 Å². The van der Waals surface area contributed by atoms with Crippen LogP contribution in [0.1, 0.15) is 24.2 Å². The zero-order valence-corrected chi connectivity index (χ0v) is 17.2. The Labute approximate surface area is 172 Å². The van der Waals surface area contributed by atoms with E-state index in [4.69, 9.17) is 11.6 Å². The fraction of sp³-hybridized carbons (Fsp3) is 0.211. The van der Waals surface area contributed by atoms with E-state index in [0.29, 0.717) is 15.7 Å². The smallest absolute Gasteiger partial charge is 0.255 e. The first kappa shape index (κ1) is 20.8. The molecule has 0 radical (unpaired) electrons. The van der Waals surface area contributed by atoms with Crippen molar-refractivity contribution in [1.29, 1.82) is 0 Å². The highest BCUT2D eigenvalue weighted by molar-refractivity contribution is 7.94. The second-order valence-electron chi connectivity index (χ2n) is 6.66. The first-order valence-corrected chi connectivity index (χ1v) is 10.6. The third-order valence-electron chi connectivity index (χ3n) is 4.23. The van der Waals surface area contributed by atoms with E-state index in [9.17, 15) is 22.8 Å². The molecule has 0 spiro atoms. The van der Waals surface area contributed by atoms with Crippen LogP contribution in [0.15, 0.2) is 42.5 Å². The normalized spacial score (nSPS) is 17.8. The van der Waals surface area contributed by atoms with E-state index in [-0.39, 0.29) is 27.9 Å². The van der Waals surface area contributed by atoms with Gasteiger partial charge in [0, 0.05) is 23.9 Å². The summed E-state index contributed by atoms with van der Waals surface area (Å²) in [5.41, 5.74) is 1.00. The number of carbonyl (C=O) groups is 3. The van der Waals surface area contributed by atoms with E-state index in [1.807, 2.05) is 0 Å². The highest BCUT2D eigenvalue weighted by Crippen LogP contribution is 2.34. The predicted molar refractivity (Wildman–Crippen MR) is 111 cm³/mol. The van der Waals surface area contributed by atoms with Gasteiger partial charge in [0.05, 0.1) is 22.4 Å². The molecule has 2 N–H and O–H groups in total. The molecule has 1 atom stereocenters. The number of benzene rings is 2. The van der Waals surface area contributed by atoms with Crippen molar-refractivity contribution in [2.24, 2.45) is 5.92 Å². The molecule has 3 amide bonds. The van der Waals surface area contributed by atoms with E-state index in [1.54, 1.807) is 24.3 Å². The van der Waals surface area contributed by atoms with Crippen molar-refractivity contribution in [3.63, 3.8) is 0 Å². The molecule has 152 valence electrons. The van der Waals surface area contributed by atoms with Crippen LogP contribution in [0, 0.1) is 5.92 Å². The molecule has 2 aromatic carbocycles. The van der Waals surface area contributed by atoms with Gasteiger partial charge in [-0.25, -0.2) is 12.7 Å². The second kappa shape index (κ2) is 7.84. The zero-order valence-electron chi connectivity index (χ0n) is 15.6. The van der Waals surface area contributed by atoms with E-state index in [0.717, 1.165) is 0 Å². The van der Waals surface area contributed by atoms with E-state index < -0.39 is 27.8 Å². The maximum atomic E-state index is 12.6. The Bertz CT molecular complexity index is 1120. The summed E-state index contributed by atoms with van der Waals surface area (Å²) in [6.45, 7) is 2.89. The van der Waals surface area contributed by atoms with Crippen molar-refractivity contribution in [2.75, 3.05) is 20.7 Å².